The van der Waals surface area contributed by atoms with E-state index in [1.807, 2.05) is 13.8 Å². The molecule has 1 fully saturated rings. The van der Waals surface area contributed by atoms with Crippen LogP contribution < -0.4 is 0 Å². The SMILES string of the molecule is CC1(C)CCC(C(=O)O)CN1C(=O)O. The number of piperidine rings is 1. The third-order valence-electron chi connectivity index (χ3n) is 2.82. The first-order chi connectivity index (χ1) is 6.34. The number of carbonyl (C=O) groups is 2. The predicted molar refractivity (Wildman–Crippen MR) is 49.2 cm³/mol. The number of amides is 1. The van der Waals surface area contributed by atoms with Crippen LogP contribution in [0.3, 0.4) is 0 Å². The van der Waals surface area contributed by atoms with Crippen LogP contribution in [-0.4, -0.2) is 39.3 Å². The highest BCUT2D eigenvalue weighted by Crippen LogP contribution is 2.30. The molecule has 2 N–H and O–H groups in total. The molecule has 1 aliphatic rings. The van der Waals surface area contributed by atoms with Crippen LogP contribution in [0, 0.1) is 5.92 Å². The first-order valence-corrected chi connectivity index (χ1v) is 4.58. The fraction of sp³-hybridized carbons (Fsp3) is 0.778. The van der Waals surface area contributed by atoms with Gasteiger partial charge in [0.15, 0.2) is 0 Å². The van der Waals surface area contributed by atoms with Gasteiger partial charge in [0.2, 0.25) is 0 Å². The van der Waals surface area contributed by atoms with Crippen LogP contribution in [0.5, 0.6) is 0 Å². The summed E-state index contributed by atoms with van der Waals surface area (Å²) in [4.78, 5) is 22.8. The van der Waals surface area contributed by atoms with Crippen LogP contribution in [0.25, 0.3) is 0 Å². The van der Waals surface area contributed by atoms with Crippen molar-refractivity contribution in [2.24, 2.45) is 5.92 Å². The van der Waals surface area contributed by atoms with E-state index < -0.39 is 23.5 Å². The van der Waals surface area contributed by atoms with E-state index in [0.29, 0.717) is 12.8 Å². The summed E-state index contributed by atoms with van der Waals surface area (Å²) in [5.41, 5.74) is -0.447. The Bertz CT molecular complexity index is 262. The van der Waals surface area contributed by atoms with E-state index in [0.717, 1.165) is 0 Å². The molecule has 0 radical (unpaired) electrons. The van der Waals surface area contributed by atoms with Crippen molar-refractivity contribution >= 4 is 12.1 Å². The first kappa shape index (κ1) is 10.8. The van der Waals surface area contributed by atoms with E-state index in [1.54, 1.807) is 0 Å². The fourth-order valence-corrected chi connectivity index (χ4v) is 1.76. The standard InChI is InChI=1S/C9H15NO4/c1-9(2)4-3-6(7(11)12)5-10(9)8(13)14/h6H,3-5H2,1-2H3,(H,11,12)(H,13,14). The van der Waals surface area contributed by atoms with Gasteiger partial charge >= 0.3 is 12.1 Å². The lowest BCUT2D eigenvalue weighted by Gasteiger charge is -2.42. The van der Waals surface area contributed by atoms with E-state index in [-0.39, 0.29) is 6.54 Å². The maximum absolute atomic E-state index is 10.9. The second kappa shape index (κ2) is 3.48. The molecule has 0 aromatic rings. The zero-order chi connectivity index (χ0) is 10.9. The van der Waals surface area contributed by atoms with Crippen LogP contribution in [0.1, 0.15) is 26.7 Å². The van der Waals surface area contributed by atoms with Crippen molar-refractivity contribution in [3.8, 4) is 0 Å². The molecule has 0 aromatic heterocycles. The largest absolute Gasteiger partial charge is 0.481 e. The molecular weight excluding hydrogens is 186 g/mol. The molecule has 1 aliphatic heterocycles. The molecule has 1 saturated heterocycles. The number of rotatable bonds is 1. The zero-order valence-electron chi connectivity index (χ0n) is 8.36. The van der Waals surface area contributed by atoms with E-state index in [9.17, 15) is 9.59 Å². The second-order valence-corrected chi connectivity index (χ2v) is 4.28. The summed E-state index contributed by atoms with van der Waals surface area (Å²) in [6.07, 6.45) is 0.100. The Morgan fingerprint density at radius 1 is 1.36 bits per heavy atom. The maximum Gasteiger partial charge on any atom is 0.407 e. The molecule has 80 valence electrons. The summed E-state index contributed by atoms with van der Waals surface area (Å²) < 4.78 is 0. The fourth-order valence-electron chi connectivity index (χ4n) is 1.76. The molecule has 5 nitrogen and oxygen atoms in total. The lowest BCUT2D eigenvalue weighted by molar-refractivity contribution is -0.144. The zero-order valence-corrected chi connectivity index (χ0v) is 8.36. The minimum absolute atomic E-state index is 0.0949. The average molecular weight is 201 g/mol. The summed E-state index contributed by atoms with van der Waals surface area (Å²) in [5.74, 6) is -1.47. The third-order valence-corrected chi connectivity index (χ3v) is 2.82. The maximum atomic E-state index is 10.9. The Morgan fingerprint density at radius 2 is 1.93 bits per heavy atom. The number of nitrogens with zero attached hydrogens (tertiary/aromatic N) is 1. The van der Waals surface area contributed by atoms with Crippen LogP contribution in [0.4, 0.5) is 4.79 Å². The lowest BCUT2D eigenvalue weighted by atomic mass is 9.85. The highest BCUT2D eigenvalue weighted by atomic mass is 16.4. The molecular formula is C9H15NO4. The summed E-state index contributed by atoms with van der Waals surface area (Å²) in [6.45, 7) is 3.73. The number of carboxylic acid groups (broad SMARTS) is 2. The van der Waals surface area contributed by atoms with Gasteiger partial charge in [-0.25, -0.2) is 4.79 Å². The molecule has 0 saturated carbocycles. The van der Waals surface area contributed by atoms with Crippen LogP contribution in [0.2, 0.25) is 0 Å². The van der Waals surface area contributed by atoms with Crippen molar-refractivity contribution in [2.45, 2.75) is 32.2 Å². The van der Waals surface area contributed by atoms with E-state index >= 15 is 0 Å². The molecule has 5 heteroatoms. The van der Waals surface area contributed by atoms with Crippen LogP contribution in [-0.2, 0) is 4.79 Å². The molecule has 14 heavy (non-hydrogen) atoms. The van der Waals surface area contributed by atoms with Crippen molar-refractivity contribution < 1.29 is 19.8 Å². The number of aliphatic carboxylic acids is 1. The molecule has 0 aromatic carbocycles. The highest BCUT2D eigenvalue weighted by molar-refractivity contribution is 5.73. The summed E-state index contributed by atoms with van der Waals surface area (Å²) in [5, 5.41) is 17.7. The molecule has 0 aliphatic carbocycles. The Labute approximate surface area is 82.3 Å². The van der Waals surface area contributed by atoms with Crippen LogP contribution >= 0.6 is 0 Å². The van der Waals surface area contributed by atoms with Crippen molar-refractivity contribution in [1.29, 1.82) is 0 Å². The van der Waals surface area contributed by atoms with Gasteiger partial charge in [0.25, 0.3) is 0 Å². The monoisotopic (exact) mass is 201 g/mol. The average Bonchev–Trinajstić information content (AvgIpc) is 2.02. The summed E-state index contributed by atoms with van der Waals surface area (Å²) in [6, 6.07) is 0. The summed E-state index contributed by atoms with van der Waals surface area (Å²) in [7, 11) is 0. The molecule has 0 bridgehead atoms. The van der Waals surface area contributed by atoms with Crippen molar-refractivity contribution in [3.05, 3.63) is 0 Å². The Morgan fingerprint density at radius 3 is 2.36 bits per heavy atom. The van der Waals surface area contributed by atoms with Gasteiger partial charge < -0.3 is 15.1 Å². The number of likely N-dealkylation sites (tertiary alicyclic amines) is 1. The Balaban J connectivity index is 2.77. The second-order valence-electron chi connectivity index (χ2n) is 4.28. The molecule has 1 unspecified atom stereocenters. The first-order valence-electron chi connectivity index (χ1n) is 4.58. The van der Waals surface area contributed by atoms with Gasteiger partial charge in [-0.15, -0.1) is 0 Å². The molecule has 0 spiro atoms. The smallest absolute Gasteiger partial charge is 0.407 e. The lowest BCUT2D eigenvalue weighted by Crippen LogP contribution is -2.54. The van der Waals surface area contributed by atoms with Crippen LogP contribution in [0.15, 0.2) is 0 Å². The molecule has 1 amide bonds. The quantitative estimate of drug-likeness (QED) is 0.669. The normalized spacial score (nSPS) is 25.9. The van der Waals surface area contributed by atoms with Gasteiger partial charge in [0.1, 0.15) is 0 Å². The van der Waals surface area contributed by atoms with E-state index in [1.165, 1.54) is 4.90 Å². The van der Waals surface area contributed by atoms with Crippen molar-refractivity contribution in [1.82, 2.24) is 4.90 Å². The molecule has 1 heterocycles. The number of hydrogen-bond acceptors (Lipinski definition) is 2. The topological polar surface area (TPSA) is 77.8 Å². The van der Waals surface area contributed by atoms with Gasteiger partial charge in [0.05, 0.1) is 5.92 Å². The Hall–Kier alpha value is -1.26. The Kier molecular flexibility index (Phi) is 2.69. The highest BCUT2D eigenvalue weighted by Gasteiger charge is 2.39. The van der Waals surface area contributed by atoms with E-state index in [2.05, 4.69) is 0 Å². The predicted octanol–water partition coefficient (Wildman–Crippen LogP) is 1.24. The minimum Gasteiger partial charge on any atom is -0.481 e. The number of carboxylic acids is 1. The van der Waals surface area contributed by atoms with Crippen molar-refractivity contribution in [2.75, 3.05) is 6.54 Å². The van der Waals surface area contributed by atoms with Crippen molar-refractivity contribution in [3.63, 3.8) is 0 Å². The van der Waals surface area contributed by atoms with Gasteiger partial charge in [-0.2, -0.15) is 0 Å². The minimum atomic E-state index is -1.04. The van der Waals surface area contributed by atoms with Gasteiger partial charge in [-0.1, -0.05) is 0 Å². The summed E-state index contributed by atoms with van der Waals surface area (Å²) >= 11 is 0. The van der Waals surface area contributed by atoms with E-state index in [4.69, 9.17) is 10.2 Å². The van der Waals surface area contributed by atoms with Gasteiger partial charge in [0, 0.05) is 12.1 Å². The molecule has 1 rings (SSSR count). The van der Waals surface area contributed by atoms with Gasteiger partial charge in [-0.05, 0) is 26.7 Å². The molecule has 1 atom stereocenters. The van der Waals surface area contributed by atoms with Gasteiger partial charge in [-0.3, -0.25) is 4.79 Å². The third kappa shape index (κ3) is 1.97. The number of hydrogen-bond donors (Lipinski definition) is 2.